The smallest absolute Gasteiger partial charge is 0.0726 e. The monoisotopic (exact) mass is 223 g/mol. The molecule has 0 saturated carbocycles. The molecule has 2 atom stereocenters. The Balaban J connectivity index is 1.91. The number of aryl methyl sites for hydroxylation is 1. The van der Waals surface area contributed by atoms with Gasteiger partial charge in [0, 0.05) is 37.0 Å². The molecule has 0 amide bonds. The maximum atomic E-state index is 5.60. The molecule has 2 unspecified atom stereocenters. The Labute approximate surface area is 97.0 Å². The minimum absolute atomic E-state index is 0.105. The SMILES string of the molecule is CCn1cc(CNC2(C)CCOC2C)cn1. The van der Waals surface area contributed by atoms with E-state index in [1.807, 2.05) is 10.9 Å². The second kappa shape index (κ2) is 4.55. The molecular formula is C12H21N3O. The van der Waals surface area contributed by atoms with E-state index in [9.17, 15) is 0 Å². The first-order valence-corrected chi connectivity index (χ1v) is 6.02. The van der Waals surface area contributed by atoms with Crippen LogP contribution < -0.4 is 5.32 Å². The fourth-order valence-electron chi connectivity index (χ4n) is 2.04. The highest BCUT2D eigenvalue weighted by Crippen LogP contribution is 2.25. The van der Waals surface area contributed by atoms with E-state index < -0.39 is 0 Å². The Morgan fingerprint density at radius 1 is 1.69 bits per heavy atom. The summed E-state index contributed by atoms with van der Waals surface area (Å²) in [6.07, 6.45) is 5.39. The summed E-state index contributed by atoms with van der Waals surface area (Å²) in [6, 6.07) is 0. The highest BCUT2D eigenvalue weighted by molar-refractivity contribution is 5.05. The van der Waals surface area contributed by atoms with Crippen molar-refractivity contribution in [3.05, 3.63) is 18.0 Å². The van der Waals surface area contributed by atoms with Gasteiger partial charge in [-0.05, 0) is 27.2 Å². The molecule has 1 aliphatic heterocycles. The average Bonchev–Trinajstić information content (AvgIpc) is 2.85. The largest absolute Gasteiger partial charge is 0.377 e. The Kier molecular flexibility index (Phi) is 3.30. The molecule has 0 aromatic carbocycles. The van der Waals surface area contributed by atoms with Gasteiger partial charge in [0.25, 0.3) is 0 Å². The van der Waals surface area contributed by atoms with Crippen LogP contribution in [0.4, 0.5) is 0 Å². The van der Waals surface area contributed by atoms with E-state index in [0.29, 0.717) is 0 Å². The number of hydrogen-bond acceptors (Lipinski definition) is 3. The third-order valence-electron chi connectivity index (χ3n) is 3.59. The average molecular weight is 223 g/mol. The van der Waals surface area contributed by atoms with Gasteiger partial charge < -0.3 is 10.1 Å². The molecule has 90 valence electrons. The maximum Gasteiger partial charge on any atom is 0.0726 e. The van der Waals surface area contributed by atoms with Crippen LogP contribution in [0.3, 0.4) is 0 Å². The first kappa shape index (κ1) is 11.6. The van der Waals surface area contributed by atoms with Crippen molar-refractivity contribution in [1.29, 1.82) is 0 Å². The van der Waals surface area contributed by atoms with Crippen LogP contribution in [-0.4, -0.2) is 28.0 Å². The van der Waals surface area contributed by atoms with Crippen molar-refractivity contribution in [2.45, 2.75) is 51.9 Å². The molecular weight excluding hydrogens is 202 g/mol. The molecule has 0 radical (unpaired) electrons. The zero-order chi connectivity index (χ0) is 11.6. The van der Waals surface area contributed by atoms with Crippen LogP contribution in [0.5, 0.6) is 0 Å². The lowest BCUT2D eigenvalue weighted by Gasteiger charge is -2.28. The number of rotatable bonds is 4. The molecule has 0 aliphatic carbocycles. The number of ether oxygens (including phenoxy) is 1. The zero-order valence-corrected chi connectivity index (χ0v) is 10.4. The van der Waals surface area contributed by atoms with Crippen LogP contribution >= 0.6 is 0 Å². The summed E-state index contributed by atoms with van der Waals surface area (Å²) in [7, 11) is 0. The molecule has 16 heavy (non-hydrogen) atoms. The highest BCUT2D eigenvalue weighted by Gasteiger charge is 2.36. The van der Waals surface area contributed by atoms with Crippen LogP contribution in [0.25, 0.3) is 0 Å². The Morgan fingerprint density at radius 2 is 2.50 bits per heavy atom. The van der Waals surface area contributed by atoms with Gasteiger partial charge in [-0.25, -0.2) is 0 Å². The van der Waals surface area contributed by atoms with Crippen molar-refractivity contribution < 1.29 is 4.74 Å². The predicted molar refractivity (Wildman–Crippen MR) is 63.2 cm³/mol. The van der Waals surface area contributed by atoms with E-state index in [0.717, 1.165) is 26.1 Å². The number of nitrogens with zero attached hydrogens (tertiary/aromatic N) is 2. The molecule has 1 aliphatic rings. The van der Waals surface area contributed by atoms with Gasteiger partial charge in [0.2, 0.25) is 0 Å². The van der Waals surface area contributed by atoms with Gasteiger partial charge in [0.05, 0.1) is 12.3 Å². The fourth-order valence-corrected chi connectivity index (χ4v) is 2.04. The van der Waals surface area contributed by atoms with Crippen LogP contribution in [-0.2, 0) is 17.8 Å². The van der Waals surface area contributed by atoms with Crippen molar-refractivity contribution in [3.8, 4) is 0 Å². The van der Waals surface area contributed by atoms with Crippen molar-refractivity contribution in [1.82, 2.24) is 15.1 Å². The van der Waals surface area contributed by atoms with Gasteiger partial charge in [-0.15, -0.1) is 0 Å². The van der Waals surface area contributed by atoms with E-state index in [1.165, 1.54) is 5.56 Å². The fraction of sp³-hybridized carbons (Fsp3) is 0.750. The summed E-state index contributed by atoms with van der Waals surface area (Å²) in [5, 5.41) is 7.85. The Bertz CT molecular complexity index is 350. The topological polar surface area (TPSA) is 39.1 Å². The zero-order valence-electron chi connectivity index (χ0n) is 10.4. The van der Waals surface area contributed by atoms with Gasteiger partial charge in [0.1, 0.15) is 0 Å². The van der Waals surface area contributed by atoms with Gasteiger partial charge in [-0.2, -0.15) is 5.10 Å². The van der Waals surface area contributed by atoms with E-state index in [1.54, 1.807) is 0 Å². The lowest BCUT2D eigenvalue weighted by molar-refractivity contribution is 0.0881. The second-order valence-corrected chi connectivity index (χ2v) is 4.74. The molecule has 1 saturated heterocycles. The van der Waals surface area contributed by atoms with Crippen LogP contribution in [0.15, 0.2) is 12.4 Å². The Morgan fingerprint density at radius 3 is 3.06 bits per heavy atom. The first-order chi connectivity index (χ1) is 7.64. The van der Waals surface area contributed by atoms with E-state index in [-0.39, 0.29) is 11.6 Å². The molecule has 1 aromatic heterocycles. The van der Waals surface area contributed by atoms with Gasteiger partial charge in [-0.1, -0.05) is 0 Å². The quantitative estimate of drug-likeness (QED) is 0.842. The van der Waals surface area contributed by atoms with Gasteiger partial charge in [-0.3, -0.25) is 4.68 Å². The van der Waals surface area contributed by atoms with Gasteiger partial charge >= 0.3 is 0 Å². The van der Waals surface area contributed by atoms with Crippen LogP contribution in [0, 0.1) is 0 Å². The normalized spacial score (nSPS) is 29.8. The van der Waals surface area contributed by atoms with E-state index in [2.05, 4.69) is 37.4 Å². The van der Waals surface area contributed by atoms with E-state index >= 15 is 0 Å². The van der Waals surface area contributed by atoms with Crippen molar-refractivity contribution >= 4 is 0 Å². The lowest BCUT2D eigenvalue weighted by atomic mass is 9.94. The molecule has 1 N–H and O–H groups in total. The van der Waals surface area contributed by atoms with Crippen LogP contribution in [0.1, 0.15) is 32.8 Å². The summed E-state index contributed by atoms with van der Waals surface area (Å²) in [5.74, 6) is 0. The van der Waals surface area contributed by atoms with Gasteiger partial charge in [0.15, 0.2) is 0 Å². The maximum absolute atomic E-state index is 5.60. The summed E-state index contributed by atoms with van der Waals surface area (Å²) in [4.78, 5) is 0. The minimum Gasteiger partial charge on any atom is -0.377 e. The predicted octanol–water partition coefficient (Wildman–Crippen LogP) is 1.56. The van der Waals surface area contributed by atoms with Crippen molar-refractivity contribution in [2.24, 2.45) is 0 Å². The first-order valence-electron chi connectivity index (χ1n) is 6.02. The lowest BCUT2D eigenvalue weighted by Crippen LogP contribution is -2.47. The molecule has 2 rings (SSSR count). The van der Waals surface area contributed by atoms with Crippen LogP contribution in [0.2, 0.25) is 0 Å². The number of aromatic nitrogens is 2. The molecule has 2 heterocycles. The highest BCUT2D eigenvalue weighted by atomic mass is 16.5. The Hall–Kier alpha value is -0.870. The van der Waals surface area contributed by atoms with Crippen molar-refractivity contribution in [2.75, 3.05) is 6.61 Å². The molecule has 1 fully saturated rings. The third-order valence-corrected chi connectivity index (χ3v) is 3.59. The summed E-state index contributed by atoms with van der Waals surface area (Å²) in [6.45, 7) is 9.11. The summed E-state index contributed by atoms with van der Waals surface area (Å²) >= 11 is 0. The summed E-state index contributed by atoms with van der Waals surface area (Å²) < 4.78 is 7.55. The third kappa shape index (κ3) is 2.28. The summed E-state index contributed by atoms with van der Waals surface area (Å²) in [5.41, 5.74) is 1.34. The molecule has 1 aromatic rings. The molecule has 0 bridgehead atoms. The molecule has 4 nitrogen and oxygen atoms in total. The number of hydrogen-bond donors (Lipinski definition) is 1. The second-order valence-electron chi connectivity index (χ2n) is 4.74. The standard InChI is InChI=1S/C12H21N3O/c1-4-15-9-11(8-14-15)7-13-12(3)5-6-16-10(12)2/h8-10,13H,4-7H2,1-3H3. The molecule has 4 heteroatoms. The number of nitrogens with one attached hydrogen (secondary N) is 1. The van der Waals surface area contributed by atoms with E-state index in [4.69, 9.17) is 4.74 Å². The minimum atomic E-state index is 0.105. The van der Waals surface area contributed by atoms with Crippen molar-refractivity contribution in [3.63, 3.8) is 0 Å². The molecule has 0 spiro atoms.